The molecular weight excluding hydrogens is 451 g/mol. The van der Waals surface area contributed by atoms with Crippen LogP contribution in [-0.4, -0.2) is 40.3 Å². The van der Waals surface area contributed by atoms with Crippen molar-refractivity contribution in [1.82, 2.24) is 9.22 Å². The highest BCUT2D eigenvalue weighted by Crippen LogP contribution is 2.62. The van der Waals surface area contributed by atoms with Crippen LogP contribution in [0.5, 0.6) is 5.75 Å². The van der Waals surface area contributed by atoms with Crippen LogP contribution in [-0.2, 0) is 0 Å². The molecule has 35 heavy (non-hydrogen) atoms. The molecule has 1 aliphatic heterocycles. The maximum absolute atomic E-state index is 11.2. The van der Waals surface area contributed by atoms with Crippen molar-refractivity contribution in [2.75, 3.05) is 0 Å². The molecule has 2 aromatic rings. The van der Waals surface area contributed by atoms with Crippen molar-refractivity contribution in [3.8, 4) is 5.75 Å². The van der Waals surface area contributed by atoms with Gasteiger partial charge in [0.1, 0.15) is 11.4 Å². The summed E-state index contributed by atoms with van der Waals surface area (Å²) in [4.78, 5) is 4.98. The molecule has 7 heteroatoms. The van der Waals surface area contributed by atoms with Crippen LogP contribution in [0.1, 0.15) is 79.2 Å². The molecule has 5 nitrogen and oxygen atoms in total. The van der Waals surface area contributed by atoms with Gasteiger partial charge in [0.15, 0.2) is 8.24 Å². The third-order valence-corrected chi connectivity index (χ3v) is 17.1. The minimum atomic E-state index is -1.96. The number of hydrogen-bond acceptors (Lipinski definition) is 4. The predicted molar refractivity (Wildman–Crippen MR) is 145 cm³/mol. The van der Waals surface area contributed by atoms with Crippen molar-refractivity contribution in [3.63, 3.8) is 0 Å². The van der Waals surface area contributed by atoms with Gasteiger partial charge in [0.25, 0.3) is 0 Å². The average Bonchev–Trinajstić information content (AvgIpc) is 3.15. The van der Waals surface area contributed by atoms with Gasteiger partial charge in [-0.2, -0.15) is 0 Å². The molecule has 188 valence electrons. The molecule has 0 radical (unpaired) electrons. The number of aromatic nitrogens is 2. The quantitative estimate of drug-likeness (QED) is 0.499. The Labute approximate surface area is 211 Å². The fourth-order valence-corrected chi connectivity index (χ4v) is 16.3. The molecule has 4 saturated carbocycles. The topological polar surface area (TPSA) is 67.5 Å². The molecule has 4 aliphatic carbocycles. The first-order valence-electron chi connectivity index (χ1n) is 13.8. The fraction of sp³-hybridized carbons (Fsp3) is 0.679. The van der Waals surface area contributed by atoms with Gasteiger partial charge in [-0.3, -0.25) is 0 Å². The molecule has 7 rings (SSSR count). The van der Waals surface area contributed by atoms with Gasteiger partial charge in [0, 0.05) is 10.9 Å². The maximum atomic E-state index is 11.2. The van der Waals surface area contributed by atoms with Crippen LogP contribution in [0.4, 0.5) is 0 Å². The minimum Gasteiger partial charge on any atom is -0.531 e. The van der Waals surface area contributed by atoms with Crippen molar-refractivity contribution in [3.05, 3.63) is 30.0 Å². The molecule has 4 fully saturated rings. The summed E-state index contributed by atoms with van der Waals surface area (Å²) in [7, 11) is -2.90. The van der Waals surface area contributed by atoms with E-state index in [0.29, 0.717) is 46.0 Å². The van der Waals surface area contributed by atoms with E-state index in [9.17, 15) is 10.1 Å². The molecule has 2 atom stereocenters. The van der Waals surface area contributed by atoms with Gasteiger partial charge in [0.2, 0.25) is 0 Å². The van der Waals surface area contributed by atoms with Crippen molar-refractivity contribution < 1.29 is 14.8 Å². The van der Waals surface area contributed by atoms with Gasteiger partial charge in [-0.15, -0.1) is 0 Å². The molecule has 3 heterocycles. The van der Waals surface area contributed by atoms with E-state index in [1.165, 1.54) is 18.4 Å². The van der Waals surface area contributed by atoms with Crippen molar-refractivity contribution >= 4 is 32.0 Å². The first-order valence-corrected chi connectivity index (χ1v) is 16.0. The largest absolute Gasteiger partial charge is 0.552 e. The molecular formula is C28H41BN2O3Si. The summed E-state index contributed by atoms with van der Waals surface area (Å²) in [6.07, 6.45) is 9.33. The van der Waals surface area contributed by atoms with Gasteiger partial charge in [-0.1, -0.05) is 41.5 Å². The monoisotopic (exact) mass is 492 g/mol. The van der Waals surface area contributed by atoms with Crippen LogP contribution in [0.3, 0.4) is 0 Å². The van der Waals surface area contributed by atoms with Gasteiger partial charge in [0.05, 0.1) is 11.8 Å². The molecule has 0 saturated heterocycles. The van der Waals surface area contributed by atoms with Gasteiger partial charge in [-0.05, 0) is 96.2 Å². The van der Waals surface area contributed by atoms with E-state index in [2.05, 4.69) is 58.0 Å². The predicted octanol–water partition coefficient (Wildman–Crippen LogP) is 6.04. The summed E-state index contributed by atoms with van der Waals surface area (Å²) < 4.78 is 8.51. The third kappa shape index (κ3) is 3.30. The van der Waals surface area contributed by atoms with Gasteiger partial charge < -0.3 is 19.0 Å². The standard InChI is InChI=1S/C28H41BN2O3Si/c1-16(2)35(17(3)4,18(5)6)31-8-7-22-26-23(14-29(33)34-24(26)15-30-27(22)31)25-20-9-19-10-21(25)13-28(32,11-19)12-20/h7-8,14-21,25,32-33H,9-13H2,1-6H3. The summed E-state index contributed by atoms with van der Waals surface area (Å²) in [5.41, 5.74) is 4.72. The maximum Gasteiger partial charge on any atom is 0.552 e. The zero-order chi connectivity index (χ0) is 24.9. The van der Waals surface area contributed by atoms with Crippen LogP contribution in [0.2, 0.25) is 16.6 Å². The summed E-state index contributed by atoms with van der Waals surface area (Å²) in [5.74, 6) is 4.67. The van der Waals surface area contributed by atoms with Crippen LogP contribution in [0, 0.1) is 23.7 Å². The Morgan fingerprint density at radius 2 is 1.69 bits per heavy atom. The number of rotatable bonds is 5. The van der Waals surface area contributed by atoms with E-state index >= 15 is 0 Å². The Morgan fingerprint density at radius 1 is 1.06 bits per heavy atom. The first-order chi connectivity index (χ1) is 16.5. The molecule has 2 N–H and O–H groups in total. The molecule has 4 bridgehead atoms. The molecule has 2 aromatic heterocycles. The molecule has 0 amide bonds. The first kappa shape index (κ1) is 23.8. The smallest absolute Gasteiger partial charge is 0.531 e. The summed E-state index contributed by atoms with van der Waals surface area (Å²) in [6.45, 7) is 14.3. The zero-order valence-corrected chi connectivity index (χ0v) is 23.2. The Balaban J connectivity index is 1.52. The normalized spacial score (nSPS) is 32.1. The second kappa shape index (κ2) is 7.96. The molecule has 5 aliphatic rings. The minimum absolute atomic E-state index is 0.375. The van der Waals surface area contributed by atoms with Crippen molar-refractivity contribution in [1.29, 1.82) is 0 Å². The lowest BCUT2D eigenvalue weighted by molar-refractivity contribution is -0.139. The number of fused-ring (bicyclic) bond motifs is 3. The van der Waals surface area contributed by atoms with E-state index in [1.807, 2.05) is 12.2 Å². The average molecular weight is 493 g/mol. The Bertz CT molecular complexity index is 1150. The molecule has 0 spiro atoms. The van der Waals surface area contributed by atoms with Crippen LogP contribution in [0.15, 0.2) is 24.4 Å². The van der Waals surface area contributed by atoms with E-state index in [-0.39, 0.29) is 0 Å². The van der Waals surface area contributed by atoms with Crippen LogP contribution < -0.4 is 4.65 Å². The van der Waals surface area contributed by atoms with E-state index in [4.69, 9.17) is 9.64 Å². The second-order valence-electron chi connectivity index (χ2n) is 13.1. The molecule has 2 unspecified atom stereocenters. The van der Waals surface area contributed by atoms with E-state index < -0.39 is 21.0 Å². The number of hydrogen-bond donors (Lipinski definition) is 2. The highest BCUT2D eigenvalue weighted by Gasteiger charge is 2.56. The van der Waals surface area contributed by atoms with Gasteiger partial charge >= 0.3 is 7.12 Å². The Kier molecular flexibility index (Phi) is 5.42. The lowest BCUT2D eigenvalue weighted by atomic mass is 9.48. The fourth-order valence-electron chi connectivity index (χ4n) is 9.77. The Morgan fingerprint density at radius 3 is 2.26 bits per heavy atom. The highest BCUT2D eigenvalue weighted by atomic mass is 28.3. The summed E-state index contributed by atoms with van der Waals surface area (Å²) in [5, 5.41) is 23.0. The Hall–Kier alpha value is -1.57. The lowest BCUT2D eigenvalue weighted by Gasteiger charge is -2.59. The number of nitrogens with zero attached hydrogens (tertiary/aromatic N) is 2. The number of aliphatic hydroxyl groups is 1. The number of pyridine rings is 1. The summed E-state index contributed by atoms with van der Waals surface area (Å²) >= 11 is 0. The van der Waals surface area contributed by atoms with E-state index in [1.54, 1.807) is 0 Å². The van der Waals surface area contributed by atoms with Crippen molar-refractivity contribution in [2.24, 2.45) is 23.7 Å². The van der Waals surface area contributed by atoms with Gasteiger partial charge in [-0.25, -0.2) is 4.98 Å². The van der Waals surface area contributed by atoms with Crippen LogP contribution in [0.25, 0.3) is 16.6 Å². The van der Waals surface area contributed by atoms with Crippen LogP contribution >= 0.6 is 0 Å². The zero-order valence-electron chi connectivity index (χ0n) is 22.2. The number of allylic oxidation sites excluding steroid dienone is 1. The summed E-state index contributed by atoms with van der Waals surface area (Å²) in [6, 6.07) is 2.26. The van der Waals surface area contributed by atoms with Crippen molar-refractivity contribution in [2.45, 2.75) is 95.9 Å². The second-order valence-corrected chi connectivity index (χ2v) is 18.8. The van der Waals surface area contributed by atoms with E-state index in [0.717, 1.165) is 35.9 Å². The highest BCUT2D eigenvalue weighted by molar-refractivity contribution is 6.82. The SMILES string of the molecule is CC(C)[Si](C(C)C)(C(C)C)n1ccc2c3c(cnc21)OB(O)C=C3C1C2CC3CC1CC(O)(C3)C2. The lowest BCUT2D eigenvalue weighted by Crippen LogP contribution is -2.55. The third-order valence-electron chi connectivity index (χ3n) is 10.3. The molecule has 0 aromatic carbocycles.